The van der Waals surface area contributed by atoms with Crippen molar-refractivity contribution in [1.29, 1.82) is 0 Å². The molecule has 6 aromatic carbocycles. The van der Waals surface area contributed by atoms with Crippen LogP contribution in [-0.4, -0.2) is 21.2 Å². The molecule has 0 unspecified atom stereocenters. The third kappa shape index (κ3) is 5.47. The van der Waals surface area contributed by atoms with Crippen molar-refractivity contribution < 1.29 is 4.74 Å². The second-order valence-electron chi connectivity index (χ2n) is 16.4. The van der Waals surface area contributed by atoms with Gasteiger partial charge in [0.15, 0.2) is 0 Å². The van der Waals surface area contributed by atoms with Gasteiger partial charge < -0.3 is 14.5 Å². The van der Waals surface area contributed by atoms with Crippen LogP contribution >= 0.6 is 0 Å². The second kappa shape index (κ2) is 12.9. The number of fused-ring (bicyclic) bond motifs is 20. The van der Waals surface area contributed by atoms with Crippen molar-refractivity contribution in [1.82, 2.24) is 14.5 Å². The van der Waals surface area contributed by atoms with Crippen LogP contribution in [0.4, 0.5) is 22.9 Å². The third-order valence-corrected chi connectivity index (χ3v) is 11.6. The molecule has 0 saturated carbocycles. The van der Waals surface area contributed by atoms with Gasteiger partial charge in [0.1, 0.15) is 29.8 Å². The first kappa shape index (κ1) is 34.1. The zero-order chi connectivity index (χ0) is 39.1. The number of para-hydroxylation sites is 4. The van der Waals surface area contributed by atoms with Crippen LogP contribution < -0.4 is 14.5 Å². The van der Waals surface area contributed by atoms with E-state index < -0.39 is 0 Å². The molecule has 6 heteroatoms. The topological polar surface area (TPSA) is 46.4 Å². The smallest absolute Gasteiger partial charge is 0.138 e. The maximum absolute atomic E-state index is 6.80. The second-order valence-corrected chi connectivity index (χ2v) is 16.4. The number of aromatic nitrogens is 3. The van der Waals surface area contributed by atoms with E-state index in [2.05, 4.69) is 193 Å². The number of hydrogen-bond acceptors (Lipinski definition) is 5. The first-order valence-electron chi connectivity index (χ1n) is 19.9. The first-order valence-corrected chi connectivity index (χ1v) is 19.9. The van der Waals surface area contributed by atoms with Crippen LogP contribution in [0.5, 0.6) is 11.5 Å². The number of anilines is 4. The van der Waals surface area contributed by atoms with E-state index in [9.17, 15) is 0 Å². The highest BCUT2D eigenvalue weighted by Crippen LogP contribution is 2.51. The molecule has 58 heavy (non-hydrogen) atoms. The summed E-state index contributed by atoms with van der Waals surface area (Å²) in [5, 5.41) is 2.31. The standard InChI is InChI=1S/C52H41N5O/c1-33-27-37-31-49(53-33)55-32-56(47-24-13-12-23-46(47)55)51-38(34-15-6-5-7-16-34)20-14-21-43(51)39-17-8-9-18-40(39)44-28-35(52(2,3)4)29-50(54-44)57-45-22-11-10-19-41(45)42-26-25-36(58-37)30-48(42)57/h5-31H,32H2,1-4H3. The third-order valence-electron chi connectivity index (χ3n) is 11.6. The Morgan fingerprint density at radius 1 is 0.517 bits per heavy atom. The zero-order valence-corrected chi connectivity index (χ0v) is 32.9. The van der Waals surface area contributed by atoms with Crippen LogP contribution in [0, 0.1) is 6.92 Å². The summed E-state index contributed by atoms with van der Waals surface area (Å²) in [5.41, 5.74) is 13.9. The summed E-state index contributed by atoms with van der Waals surface area (Å²) in [4.78, 5) is 15.5. The fraction of sp³-hybridized carbons (Fsp3) is 0.115. The lowest BCUT2D eigenvalue weighted by atomic mass is 9.85. The first-order chi connectivity index (χ1) is 28.3. The minimum absolute atomic E-state index is 0.149. The van der Waals surface area contributed by atoms with E-state index in [1.54, 1.807) is 0 Å². The molecule has 5 heterocycles. The molecule has 2 aliphatic heterocycles. The van der Waals surface area contributed by atoms with Gasteiger partial charge >= 0.3 is 0 Å². The van der Waals surface area contributed by atoms with Gasteiger partial charge in [-0.05, 0) is 71.5 Å². The normalized spacial score (nSPS) is 13.2. The highest BCUT2D eigenvalue weighted by Gasteiger charge is 2.33. The molecule has 0 radical (unpaired) electrons. The lowest BCUT2D eigenvalue weighted by Crippen LogP contribution is -2.25. The van der Waals surface area contributed by atoms with Crippen LogP contribution in [0.15, 0.2) is 164 Å². The van der Waals surface area contributed by atoms with Crippen molar-refractivity contribution in [3.63, 3.8) is 0 Å². The average Bonchev–Trinajstić information content (AvgIpc) is 3.79. The SMILES string of the molecule is Cc1cc2cc(n1)N1CN(c3ccccc31)c1c(-c3ccccc3)cccc1-c1ccccc1-c1cc(C(C)(C)C)cc(n1)-n1c3ccccc3c3ccc(cc31)O2. The minimum Gasteiger partial charge on any atom is -0.457 e. The van der Waals surface area contributed by atoms with E-state index in [1.807, 2.05) is 13.0 Å². The molecule has 9 aromatic rings. The molecule has 280 valence electrons. The zero-order valence-electron chi connectivity index (χ0n) is 32.9. The Bertz CT molecular complexity index is 3090. The molecular formula is C52H41N5O. The van der Waals surface area contributed by atoms with Crippen LogP contribution in [0.25, 0.3) is 61.1 Å². The van der Waals surface area contributed by atoms with Gasteiger partial charge in [-0.15, -0.1) is 0 Å². The Kier molecular flexibility index (Phi) is 7.60. The molecule has 0 spiro atoms. The van der Waals surface area contributed by atoms with Crippen LogP contribution in [-0.2, 0) is 5.41 Å². The van der Waals surface area contributed by atoms with Crippen molar-refractivity contribution >= 4 is 44.7 Å². The molecule has 8 bridgehead atoms. The molecular weight excluding hydrogens is 711 g/mol. The molecule has 6 nitrogen and oxygen atoms in total. The quantitative estimate of drug-likeness (QED) is 0.167. The van der Waals surface area contributed by atoms with Gasteiger partial charge in [0.25, 0.3) is 0 Å². The number of hydrogen-bond donors (Lipinski definition) is 0. The number of aryl methyl sites for hydroxylation is 1. The summed E-state index contributed by atoms with van der Waals surface area (Å²) in [7, 11) is 0. The van der Waals surface area contributed by atoms with Gasteiger partial charge in [0, 0.05) is 51.4 Å². The Labute approximate surface area is 338 Å². The maximum atomic E-state index is 6.80. The monoisotopic (exact) mass is 751 g/mol. The van der Waals surface area contributed by atoms with Crippen LogP contribution in [0.2, 0.25) is 0 Å². The van der Waals surface area contributed by atoms with Gasteiger partial charge in [-0.25, -0.2) is 9.97 Å². The fourth-order valence-corrected chi connectivity index (χ4v) is 8.86. The van der Waals surface area contributed by atoms with Crippen molar-refractivity contribution in [2.45, 2.75) is 33.1 Å². The summed E-state index contributed by atoms with van der Waals surface area (Å²) >= 11 is 0. The van der Waals surface area contributed by atoms with Gasteiger partial charge in [-0.2, -0.15) is 0 Å². The highest BCUT2D eigenvalue weighted by atomic mass is 16.5. The molecule has 2 aliphatic rings. The average molecular weight is 752 g/mol. The number of ether oxygens (including phenoxy) is 1. The highest BCUT2D eigenvalue weighted by molar-refractivity contribution is 6.09. The van der Waals surface area contributed by atoms with E-state index in [0.717, 1.165) is 95.8 Å². The van der Waals surface area contributed by atoms with Crippen molar-refractivity contribution in [2.75, 3.05) is 16.5 Å². The fourth-order valence-electron chi connectivity index (χ4n) is 8.86. The molecule has 3 aromatic heterocycles. The summed E-state index contributed by atoms with van der Waals surface area (Å²) in [6.07, 6.45) is 0. The molecule has 11 rings (SSSR count). The molecule has 0 fully saturated rings. The Morgan fingerprint density at radius 3 is 2.03 bits per heavy atom. The van der Waals surface area contributed by atoms with Gasteiger partial charge in [0.2, 0.25) is 0 Å². The molecule has 0 N–H and O–H groups in total. The number of rotatable bonds is 1. The number of nitrogens with zero attached hydrogens (tertiary/aromatic N) is 5. The lowest BCUT2D eigenvalue weighted by Gasteiger charge is -2.28. The maximum Gasteiger partial charge on any atom is 0.138 e. The predicted octanol–water partition coefficient (Wildman–Crippen LogP) is 13.5. The van der Waals surface area contributed by atoms with Gasteiger partial charge in [0.05, 0.1) is 33.8 Å². The van der Waals surface area contributed by atoms with E-state index in [-0.39, 0.29) is 5.41 Å². The van der Waals surface area contributed by atoms with Gasteiger partial charge in [-0.1, -0.05) is 124 Å². The molecule has 0 amide bonds. The molecule has 0 atom stereocenters. The largest absolute Gasteiger partial charge is 0.457 e. The Balaban J connectivity index is 1.27. The van der Waals surface area contributed by atoms with E-state index in [0.29, 0.717) is 6.67 Å². The summed E-state index contributed by atoms with van der Waals surface area (Å²) in [6.45, 7) is 9.43. The predicted molar refractivity (Wildman–Crippen MR) is 238 cm³/mol. The Hall–Kier alpha value is -7.18. The van der Waals surface area contributed by atoms with Crippen molar-refractivity contribution in [3.05, 3.63) is 175 Å². The lowest BCUT2D eigenvalue weighted by molar-refractivity contribution is 0.482. The van der Waals surface area contributed by atoms with E-state index in [1.165, 1.54) is 10.9 Å². The van der Waals surface area contributed by atoms with E-state index >= 15 is 0 Å². The van der Waals surface area contributed by atoms with Crippen LogP contribution in [0.1, 0.15) is 32.0 Å². The van der Waals surface area contributed by atoms with Crippen molar-refractivity contribution in [2.24, 2.45) is 0 Å². The van der Waals surface area contributed by atoms with E-state index in [4.69, 9.17) is 14.7 Å². The van der Waals surface area contributed by atoms with Gasteiger partial charge in [-0.3, -0.25) is 4.57 Å². The number of pyridine rings is 2. The summed E-state index contributed by atoms with van der Waals surface area (Å²) in [6, 6.07) is 58.5. The summed E-state index contributed by atoms with van der Waals surface area (Å²) < 4.78 is 9.10. The molecule has 0 aliphatic carbocycles. The molecule has 0 saturated heterocycles. The van der Waals surface area contributed by atoms with Crippen molar-refractivity contribution in [3.8, 4) is 50.8 Å². The number of benzene rings is 6. The Morgan fingerprint density at radius 2 is 1.21 bits per heavy atom. The minimum atomic E-state index is -0.149. The summed E-state index contributed by atoms with van der Waals surface area (Å²) in [5.74, 6) is 3.17. The van der Waals surface area contributed by atoms with Crippen LogP contribution in [0.3, 0.4) is 0 Å².